The number of carbonyl (C=O) groups excluding carboxylic acids is 1. The van der Waals surface area contributed by atoms with E-state index in [4.69, 9.17) is 0 Å². The molecule has 3 aromatic carbocycles. The molecule has 1 heterocycles. The highest BCUT2D eigenvalue weighted by Crippen LogP contribution is 2.25. The van der Waals surface area contributed by atoms with Gasteiger partial charge in [0.05, 0.1) is 20.1 Å². The highest BCUT2D eigenvalue weighted by atomic mass is 32.2. The standard InChI is InChI=1S/C24H21N3O3S2/c28-24(17-4-3-5-20(15-17)32(29,30)27-19-12-13-19)25-18-10-8-16(9-11-18)14-23-26-21-6-1-2-7-22(21)31-23/h1-11,15,19,27H,12-14H2,(H,25,28). The Morgan fingerprint density at radius 1 is 1.00 bits per heavy atom. The van der Waals surface area contributed by atoms with Gasteiger partial charge in [0.15, 0.2) is 0 Å². The second-order valence-corrected chi connectivity index (χ2v) is 10.7. The van der Waals surface area contributed by atoms with Crippen LogP contribution in [0, 0.1) is 0 Å². The molecule has 32 heavy (non-hydrogen) atoms. The van der Waals surface area contributed by atoms with Crippen molar-refractivity contribution in [2.45, 2.75) is 30.2 Å². The number of nitrogens with zero attached hydrogens (tertiary/aromatic N) is 1. The number of sulfonamides is 1. The molecule has 0 atom stereocenters. The number of anilines is 1. The third kappa shape index (κ3) is 4.72. The van der Waals surface area contributed by atoms with Crippen LogP contribution in [0.4, 0.5) is 5.69 Å². The molecule has 4 aromatic rings. The van der Waals surface area contributed by atoms with Gasteiger partial charge >= 0.3 is 0 Å². The zero-order chi connectivity index (χ0) is 22.1. The lowest BCUT2D eigenvalue weighted by molar-refractivity contribution is 0.102. The molecule has 0 unspecified atom stereocenters. The lowest BCUT2D eigenvalue weighted by atomic mass is 10.1. The van der Waals surface area contributed by atoms with E-state index >= 15 is 0 Å². The third-order valence-electron chi connectivity index (χ3n) is 5.21. The van der Waals surface area contributed by atoms with E-state index in [0.717, 1.165) is 35.4 Å². The summed E-state index contributed by atoms with van der Waals surface area (Å²) in [6, 6.07) is 21.8. The van der Waals surface area contributed by atoms with Crippen molar-refractivity contribution >= 4 is 43.2 Å². The van der Waals surface area contributed by atoms with Crippen LogP contribution < -0.4 is 10.0 Å². The van der Waals surface area contributed by atoms with E-state index in [2.05, 4.69) is 21.1 Å². The fourth-order valence-electron chi connectivity index (χ4n) is 3.37. The highest BCUT2D eigenvalue weighted by Gasteiger charge is 2.28. The second-order valence-electron chi connectivity index (χ2n) is 7.83. The van der Waals surface area contributed by atoms with Crippen molar-refractivity contribution in [1.29, 1.82) is 0 Å². The number of aromatic nitrogens is 1. The first-order chi connectivity index (χ1) is 15.5. The Morgan fingerprint density at radius 3 is 2.53 bits per heavy atom. The van der Waals surface area contributed by atoms with Gasteiger partial charge in [-0.1, -0.05) is 30.3 Å². The van der Waals surface area contributed by atoms with Crippen LogP contribution in [-0.4, -0.2) is 25.4 Å². The number of nitrogens with one attached hydrogen (secondary N) is 2. The zero-order valence-corrected chi connectivity index (χ0v) is 18.7. The summed E-state index contributed by atoms with van der Waals surface area (Å²) in [5, 5.41) is 3.88. The van der Waals surface area contributed by atoms with Crippen LogP contribution in [0.2, 0.25) is 0 Å². The average molecular weight is 464 g/mol. The first-order valence-corrected chi connectivity index (χ1v) is 12.6. The summed E-state index contributed by atoms with van der Waals surface area (Å²) in [7, 11) is -3.61. The quantitative estimate of drug-likeness (QED) is 0.420. The molecule has 5 rings (SSSR count). The van der Waals surface area contributed by atoms with Gasteiger partial charge in [0.2, 0.25) is 10.0 Å². The van der Waals surface area contributed by atoms with Crippen LogP contribution in [-0.2, 0) is 16.4 Å². The molecule has 1 fully saturated rings. The van der Waals surface area contributed by atoms with E-state index in [1.165, 1.54) is 16.8 Å². The molecular weight excluding hydrogens is 442 g/mol. The van der Waals surface area contributed by atoms with Gasteiger partial charge in [-0.2, -0.15) is 0 Å². The number of hydrogen-bond acceptors (Lipinski definition) is 5. The molecule has 0 spiro atoms. The van der Waals surface area contributed by atoms with Crippen molar-refractivity contribution in [2.24, 2.45) is 0 Å². The van der Waals surface area contributed by atoms with Crippen molar-refractivity contribution in [2.75, 3.05) is 5.32 Å². The molecule has 8 heteroatoms. The number of thiazole rings is 1. The molecule has 162 valence electrons. The van der Waals surface area contributed by atoms with Gasteiger partial charge in [0, 0.05) is 23.7 Å². The van der Waals surface area contributed by atoms with E-state index in [-0.39, 0.29) is 16.8 Å². The summed E-state index contributed by atoms with van der Waals surface area (Å²) >= 11 is 1.68. The van der Waals surface area contributed by atoms with Crippen LogP contribution in [0.15, 0.2) is 77.7 Å². The van der Waals surface area contributed by atoms with E-state index < -0.39 is 10.0 Å². The van der Waals surface area contributed by atoms with E-state index in [9.17, 15) is 13.2 Å². The third-order valence-corrected chi connectivity index (χ3v) is 7.77. The Balaban J connectivity index is 1.26. The predicted octanol–water partition coefficient (Wildman–Crippen LogP) is 4.58. The number of rotatable bonds is 7. The molecule has 1 aromatic heterocycles. The van der Waals surface area contributed by atoms with Crippen LogP contribution in [0.3, 0.4) is 0 Å². The predicted molar refractivity (Wildman–Crippen MR) is 127 cm³/mol. The van der Waals surface area contributed by atoms with E-state index in [0.29, 0.717) is 11.3 Å². The monoisotopic (exact) mass is 463 g/mol. The Kier molecular flexibility index (Phi) is 5.50. The van der Waals surface area contributed by atoms with Crippen LogP contribution in [0.1, 0.15) is 33.8 Å². The fourth-order valence-corrected chi connectivity index (χ4v) is 5.72. The van der Waals surface area contributed by atoms with Crippen LogP contribution >= 0.6 is 11.3 Å². The van der Waals surface area contributed by atoms with Crippen molar-refractivity contribution < 1.29 is 13.2 Å². The number of amides is 1. The van der Waals surface area contributed by atoms with E-state index in [1.807, 2.05) is 42.5 Å². The summed E-state index contributed by atoms with van der Waals surface area (Å²) in [5.74, 6) is -0.354. The number of para-hydroxylation sites is 1. The Hall–Kier alpha value is -3.07. The molecule has 0 bridgehead atoms. The van der Waals surface area contributed by atoms with Crippen molar-refractivity contribution in [3.8, 4) is 0 Å². The van der Waals surface area contributed by atoms with Crippen LogP contribution in [0.5, 0.6) is 0 Å². The minimum atomic E-state index is -3.61. The summed E-state index contributed by atoms with van der Waals surface area (Å²) in [4.78, 5) is 17.4. The van der Waals surface area contributed by atoms with Gasteiger partial charge in [-0.3, -0.25) is 4.79 Å². The number of benzene rings is 3. The molecule has 0 radical (unpaired) electrons. The topological polar surface area (TPSA) is 88.2 Å². The normalized spacial score (nSPS) is 13.9. The fraction of sp³-hybridized carbons (Fsp3) is 0.167. The minimum absolute atomic E-state index is 0.0127. The molecule has 0 saturated heterocycles. The van der Waals surface area contributed by atoms with Gasteiger partial charge in [0.1, 0.15) is 0 Å². The van der Waals surface area contributed by atoms with Crippen molar-refractivity contribution in [1.82, 2.24) is 9.71 Å². The second kappa shape index (κ2) is 8.46. The smallest absolute Gasteiger partial charge is 0.255 e. The SMILES string of the molecule is O=C(Nc1ccc(Cc2nc3ccccc3s2)cc1)c1cccc(S(=O)(=O)NC2CC2)c1. The van der Waals surface area contributed by atoms with Gasteiger partial charge in [-0.25, -0.2) is 18.1 Å². The van der Waals surface area contributed by atoms with Crippen LogP contribution in [0.25, 0.3) is 10.2 Å². The highest BCUT2D eigenvalue weighted by molar-refractivity contribution is 7.89. The maximum absolute atomic E-state index is 12.7. The maximum Gasteiger partial charge on any atom is 0.255 e. The number of fused-ring (bicyclic) bond motifs is 1. The van der Waals surface area contributed by atoms with Gasteiger partial charge < -0.3 is 5.32 Å². The van der Waals surface area contributed by atoms with Crippen molar-refractivity contribution in [3.63, 3.8) is 0 Å². The first-order valence-electron chi connectivity index (χ1n) is 10.3. The summed E-state index contributed by atoms with van der Waals surface area (Å²) < 4.78 is 28.6. The largest absolute Gasteiger partial charge is 0.322 e. The van der Waals surface area contributed by atoms with E-state index in [1.54, 1.807) is 23.5 Å². The Bertz CT molecular complexity index is 1360. The molecule has 1 aliphatic rings. The number of hydrogen-bond donors (Lipinski definition) is 2. The Morgan fingerprint density at radius 2 is 1.78 bits per heavy atom. The molecule has 1 aliphatic carbocycles. The van der Waals surface area contributed by atoms with Gasteiger partial charge in [0.25, 0.3) is 5.91 Å². The Labute approximate surface area is 190 Å². The summed E-state index contributed by atoms with van der Waals surface area (Å²) in [6.45, 7) is 0. The maximum atomic E-state index is 12.7. The molecule has 2 N–H and O–H groups in total. The molecule has 1 amide bonds. The zero-order valence-electron chi connectivity index (χ0n) is 17.1. The first kappa shape index (κ1) is 20.8. The molecule has 1 saturated carbocycles. The lowest BCUT2D eigenvalue weighted by Crippen LogP contribution is -2.26. The van der Waals surface area contributed by atoms with Gasteiger partial charge in [-0.15, -0.1) is 11.3 Å². The number of carbonyl (C=O) groups is 1. The minimum Gasteiger partial charge on any atom is -0.322 e. The lowest BCUT2D eigenvalue weighted by Gasteiger charge is -2.09. The van der Waals surface area contributed by atoms with Gasteiger partial charge in [-0.05, 0) is 60.9 Å². The molecule has 0 aliphatic heterocycles. The summed E-state index contributed by atoms with van der Waals surface area (Å²) in [6.07, 6.45) is 2.43. The summed E-state index contributed by atoms with van der Waals surface area (Å²) in [5.41, 5.74) is 3.05. The molecular formula is C24H21N3O3S2. The molecule has 6 nitrogen and oxygen atoms in total. The van der Waals surface area contributed by atoms with Crippen molar-refractivity contribution in [3.05, 3.63) is 88.9 Å². The average Bonchev–Trinajstić information content (AvgIpc) is 3.50.